The van der Waals surface area contributed by atoms with E-state index in [1.54, 1.807) is 6.07 Å². The molecule has 0 unspecified atom stereocenters. The molecule has 19 heavy (non-hydrogen) atoms. The van der Waals surface area contributed by atoms with Crippen LogP contribution >= 0.6 is 0 Å². The van der Waals surface area contributed by atoms with Gasteiger partial charge in [-0.3, -0.25) is 10.1 Å². The van der Waals surface area contributed by atoms with Crippen molar-refractivity contribution >= 4 is 22.3 Å². The van der Waals surface area contributed by atoms with Crippen LogP contribution in [0.5, 0.6) is 0 Å². The number of aromatic nitrogens is 2. The van der Waals surface area contributed by atoms with Gasteiger partial charge < -0.3 is 9.88 Å². The fourth-order valence-electron chi connectivity index (χ4n) is 2.33. The van der Waals surface area contributed by atoms with Crippen LogP contribution in [-0.4, -0.2) is 39.9 Å². The van der Waals surface area contributed by atoms with E-state index in [9.17, 15) is 10.1 Å². The third kappa shape index (κ3) is 2.22. The maximum atomic E-state index is 10.7. The molecule has 1 aliphatic rings. The summed E-state index contributed by atoms with van der Waals surface area (Å²) in [6, 6.07) is 4.69. The van der Waals surface area contributed by atoms with Crippen LogP contribution in [-0.2, 0) is 0 Å². The molecule has 1 aromatic heterocycles. The highest BCUT2D eigenvalue weighted by Gasteiger charge is 2.15. The van der Waals surface area contributed by atoms with E-state index in [-0.39, 0.29) is 5.69 Å². The summed E-state index contributed by atoms with van der Waals surface area (Å²) in [5.41, 5.74) is 2.69. The van der Waals surface area contributed by atoms with E-state index in [1.807, 2.05) is 0 Å². The molecule has 0 saturated heterocycles. The largest absolute Gasteiger partial charge is 0.338 e. The van der Waals surface area contributed by atoms with E-state index in [0.29, 0.717) is 5.52 Å². The molecule has 0 atom stereocenters. The molecule has 0 radical (unpaired) electrons. The first kappa shape index (κ1) is 11.9. The van der Waals surface area contributed by atoms with E-state index < -0.39 is 4.92 Å². The third-order valence-corrected chi connectivity index (χ3v) is 3.32. The van der Waals surface area contributed by atoms with Crippen LogP contribution in [0.1, 0.15) is 12.2 Å². The van der Waals surface area contributed by atoms with Crippen LogP contribution in [0.4, 0.5) is 5.69 Å². The summed E-state index contributed by atoms with van der Waals surface area (Å²) in [5.74, 6) is 0.807. The highest BCUT2D eigenvalue weighted by Crippen LogP contribution is 2.23. The van der Waals surface area contributed by atoms with Crippen LogP contribution in [0.3, 0.4) is 0 Å². The van der Waals surface area contributed by atoms with Gasteiger partial charge in [-0.2, -0.15) is 0 Å². The highest BCUT2D eigenvalue weighted by molar-refractivity contribution is 5.81. The second kappa shape index (κ2) is 4.47. The van der Waals surface area contributed by atoms with Crippen molar-refractivity contribution in [2.45, 2.75) is 6.42 Å². The van der Waals surface area contributed by atoms with Crippen molar-refractivity contribution in [3.63, 3.8) is 0 Å². The van der Waals surface area contributed by atoms with E-state index >= 15 is 0 Å². The minimum Gasteiger partial charge on any atom is -0.338 e. The molecule has 2 aromatic rings. The van der Waals surface area contributed by atoms with Gasteiger partial charge in [0.1, 0.15) is 5.82 Å². The fraction of sp³-hybridized carbons (Fsp3) is 0.308. The fourth-order valence-corrected chi connectivity index (χ4v) is 2.33. The first-order chi connectivity index (χ1) is 9.13. The Kier molecular flexibility index (Phi) is 2.79. The van der Waals surface area contributed by atoms with Crippen molar-refractivity contribution in [2.24, 2.45) is 0 Å². The summed E-state index contributed by atoms with van der Waals surface area (Å²) in [5, 5.41) is 10.7. The molecule has 1 aliphatic heterocycles. The first-order valence-electron chi connectivity index (χ1n) is 6.15. The number of nitro groups is 1. The molecule has 3 rings (SSSR count). The second-order valence-electron chi connectivity index (χ2n) is 4.80. The maximum absolute atomic E-state index is 10.7. The molecule has 0 aliphatic carbocycles. The van der Waals surface area contributed by atoms with Gasteiger partial charge in [-0.05, 0) is 19.5 Å². The number of hydrogen-bond acceptors (Lipinski definition) is 4. The lowest BCUT2D eigenvalue weighted by atomic mass is 10.1. The molecule has 98 valence electrons. The van der Waals surface area contributed by atoms with Crippen molar-refractivity contribution in [3.8, 4) is 0 Å². The molecule has 6 nitrogen and oxygen atoms in total. The monoisotopic (exact) mass is 258 g/mol. The van der Waals surface area contributed by atoms with Crippen LogP contribution in [0.25, 0.3) is 16.6 Å². The number of likely N-dealkylation sites (N-methyl/N-ethyl adjacent to an activating group) is 1. The highest BCUT2D eigenvalue weighted by atomic mass is 16.6. The lowest BCUT2D eigenvalue weighted by Crippen LogP contribution is -2.25. The predicted octanol–water partition coefficient (Wildman–Crippen LogP) is 2.19. The van der Waals surface area contributed by atoms with Gasteiger partial charge in [0.15, 0.2) is 0 Å². The van der Waals surface area contributed by atoms with Gasteiger partial charge in [0, 0.05) is 30.8 Å². The summed E-state index contributed by atoms with van der Waals surface area (Å²) in [4.78, 5) is 20.2. The Balaban J connectivity index is 2.02. The normalized spacial score (nSPS) is 16.6. The molecule has 0 fully saturated rings. The number of aromatic amines is 1. The Morgan fingerprint density at radius 2 is 2.32 bits per heavy atom. The SMILES string of the molecule is CN1CCC=C(c2nc3ccc([N+](=O)[O-])cc3[nH]2)C1. The number of rotatable bonds is 2. The molecule has 0 spiro atoms. The van der Waals surface area contributed by atoms with Gasteiger partial charge in [0.2, 0.25) is 0 Å². The quantitative estimate of drug-likeness (QED) is 0.661. The molecule has 0 bridgehead atoms. The van der Waals surface area contributed by atoms with E-state index in [2.05, 4.69) is 28.0 Å². The van der Waals surface area contributed by atoms with Crippen molar-refractivity contribution in [3.05, 3.63) is 40.2 Å². The van der Waals surface area contributed by atoms with Gasteiger partial charge in [0.05, 0.1) is 16.0 Å². The predicted molar refractivity (Wildman–Crippen MR) is 72.8 cm³/mol. The Hall–Kier alpha value is -2.21. The topological polar surface area (TPSA) is 75.1 Å². The molecular weight excluding hydrogens is 244 g/mol. The molecular formula is C13H14N4O2. The second-order valence-corrected chi connectivity index (χ2v) is 4.80. The maximum Gasteiger partial charge on any atom is 0.271 e. The number of fused-ring (bicyclic) bond motifs is 1. The minimum atomic E-state index is -0.395. The summed E-state index contributed by atoms with van der Waals surface area (Å²) in [7, 11) is 2.07. The van der Waals surface area contributed by atoms with E-state index in [0.717, 1.165) is 36.4 Å². The van der Waals surface area contributed by atoms with Gasteiger partial charge >= 0.3 is 0 Å². The lowest BCUT2D eigenvalue weighted by Gasteiger charge is -2.21. The van der Waals surface area contributed by atoms with Gasteiger partial charge in [-0.25, -0.2) is 4.98 Å². The van der Waals surface area contributed by atoms with E-state index in [4.69, 9.17) is 0 Å². The number of benzene rings is 1. The number of non-ortho nitro benzene ring substituents is 1. The van der Waals surface area contributed by atoms with Crippen LogP contribution in [0.15, 0.2) is 24.3 Å². The number of hydrogen-bond donors (Lipinski definition) is 1. The average Bonchev–Trinajstić information content (AvgIpc) is 2.81. The van der Waals surface area contributed by atoms with Crippen molar-refractivity contribution < 1.29 is 4.92 Å². The number of imidazole rings is 1. The van der Waals surface area contributed by atoms with Crippen LogP contribution in [0, 0.1) is 10.1 Å². The smallest absolute Gasteiger partial charge is 0.271 e. The molecule has 6 heteroatoms. The number of nitrogens with one attached hydrogen (secondary N) is 1. The van der Waals surface area contributed by atoms with Crippen molar-refractivity contribution in [2.75, 3.05) is 20.1 Å². The first-order valence-corrected chi connectivity index (χ1v) is 6.15. The van der Waals surface area contributed by atoms with Gasteiger partial charge in [0.25, 0.3) is 5.69 Å². The molecule has 1 aromatic carbocycles. The van der Waals surface area contributed by atoms with Gasteiger partial charge in [-0.1, -0.05) is 6.08 Å². The number of nitrogens with zero attached hydrogens (tertiary/aromatic N) is 3. The van der Waals surface area contributed by atoms with Crippen LogP contribution in [0.2, 0.25) is 0 Å². The minimum absolute atomic E-state index is 0.0810. The molecule has 0 saturated carbocycles. The van der Waals surface area contributed by atoms with Gasteiger partial charge in [-0.15, -0.1) is 0 Å². The zero-order valence-electron chi connectivity index (χ0n) is 10.6. The summed E-state index contributed by atoms with van der Waals surface area (Å²) >= 11 is 0. The Bertz CT molecular complexity index is 674. The van der Waals surface area contributed by atoms with Crippen molar-refractivity contribution in [1.82, 2.24) is 14.9 Å². The summed E-state index contributed by atoms with van der Waals surface area (Å²) in [6.45, 7) is 1.90. The average molecular weight is 258 g/mol. The zero-order valence-corrected chi connectivity index (χ0v) is 10.6. The number of H-pyrrole nitrogens is 1. The summed E-state index contributed by atoms with van der Waals surface area (Å²) in [6.07, 6.45) is 3.18. The Labute approximate surface area is 109 Å². The molecule has 1 N–H and O–H groups in total. The Morgan fingerprint density at radius 1 is 1.47 bits per heavy atom. The number of nitro benzene ring substituents is 1. The Morgan fingerprint density at radius 3 is 3.05 bits per heavy atom. The molecule has 0 amide bonds. The standard InChI is InChI=1S/C13H14N4O2/c1-16-6-2-3-9(8-16)13-14-11-5-4-10(17(18)19)7-12(11)15-13/h3-5,7H,2,6,8H2,1H3,(H,14,15). The third-order valence-electron chi connectivity index (χ3n) is 3.32. The van der Waals surface area contributed by atoms with E-state index in [1.165, 1.54) is 12.1 Å². The lowest BCUT2D eigenvalue weighted by molar-refractivity contribution is -0.384. The molecule has 2 heterocycles. The van der Waals surface area contributed by atoms with Crippen LogP contribution < -0.4 is 0 Å². The zero-order chi connectivity index (χ0) is 13.4. The summed E-state index contributed by atoms with van der Waals surface area (Å²) < 4.78 is 0. The van der Waals surface area contributed by atoms with Crippen molar-refractivity contribution in [1.29, 1.82) is 0 Å².